The molecule has 1 atom stereocenters. The van der Waals surface area contributed by atoms with Crippen LogP contribution >= 0.6 is 27.7 Å². The van der Waals surface area contributed by atoms with E-state index in [-0.39, 0.29) is 0 Å². The molecule has 3 rings (SSSR count). The molecule has 1 heterocycles. The van der Waals surface area contributed by atoms with Crippen LogP contribution in [0, 0.1) is 0 Å². The van der Waals surface area contributed by atoms with Crippen molar-refractivity contribution < 1.29 is 4.74 Å². The highest BCUT2D eigenvalue weighted by Crippen LogP contribution is 2.44. The Kier molecular flexibility index (Phi) is 4.14. The Balaban J connectivity index is 2.01. The van der Waals surface area contributed by atoms with Gasteiger partial charge in [-0.05, 0) is 24.1 Å². The van der Waals surface area contributed by atoms with Gasteiger partial charge in [0.2, 0.25) is 0 Å². The van der Waals surface area contributed by atoms with Crippen molar-refractivity contribution in [3.63, 3.8) is 0 Å². The molecule has 98 valence electrons. The molecule has 0 bridgehead atoms. The van der Waals surface area contributed by atoms with E-state index in [9.17, 15) is 0 Å². The molecule has 0 radical (unpaired) electrons. The average Bonchev–Trinajstić information content (AvgIpc) is 2.61. The Bertz CT molecular complexity index is 570. The summed E-state index contributed by atoms with van der Waals surface area (Å²) in [5, 5.41) is 1.50. The lowest BCUT2D eigenvalue weighted by Gasteiger charge is -2.15. The van der Waals surface area contributed by atoms with E-state index < -0.39 is 0 Å². The zero-order valence-electron chi connectivity index (χ0n) is 10.5. The Labute approximate surface area is 126 Å². The predicted octanol–water partition coefficient (Wildman–Crippen LogP) is 5.20. The first-order chi connectivity index (χ1) is 9.38. The molecule has 1 aliphatic rings. The maximum atomic E-state index is 6.09. The molecule has 0 aromatic heterocycles. The summed E-state index contributed by atoms with van der Waals surface area (Å²) in [5.74, 6) is 3.11. The molecule has 2 aromatic carbocycles. The number of rotatable bonds is 3. The Morgan fingerprint density at radius 1 is 1.05 bits per heavy atom. The molecule has 0 saturated carbocycles. The highest BCUT2D eigenvalue weighted by molar-refractivity contribution is 9.09. The zero-order valence-corrected chi connectivity index (χ0v) is 12.9. The smallest absolute Gasteiger partial charge is 0.131 e. The Morgan fingerprint density at radius 3 is 2.63 bits per heavy atom. The molecule has 0 N–H and O–H groups in total. The average molecular weight is 335 g/mol. The Hall–Kier alpha value is -0.930. The fourth-order valence-electron chi connectivity index (χ4n) is 2.38. The molecule has 3 heteroatoms. The van der Waals surface area contributed by atoms with Crippen LogP contribution in [0.4, 0.5) is 0 Å². The van der Waals surface area contributed by atoms with Crippen molar-refractivity contribution >= 4 is 27.7 Å². The van der Waals surface area contributed by atoms with E-state index in [0.717, 1.165) is 29.0 Å². The number of thioether (sulfide) groups is 1. The number of para-hydroxylation sites is 2. The summed E-state index contributed by atoms with van der Waals surface area (Å²) < 4.78 is 6.09. The van der Waals surface area contributed by atoms with E-state index in [0.29, 0.717) is 5.25 Å². The van der Waals surface area contributed by atoms with Gasteiger partial charge in [-0.2, -0.15) is 11.8 Å². The summed E-state index contributed by atoms with van der Waals surface area (Å²) in [6.07, 6.45) is 1.03. The monoisotopic (exact) mass is 334 g/mol. The molecule has 2 aromatic rings. The van der Waals surface area contributed by atoms with Crippen LogP contribution in [0.3, 0.4) is 0 Å². The number of fused-ring (bicyclic) bond motifs is 2. The van der Waals surface area contributed by atoms with Gasteiger partial charge in [0.05, 0.1) is 0 Å². The van der Waals surface area contributed by atoms with Gasteiger partial charge in [0.15, 0.2) is 0 Å². The minimum absolute atomic E-state index is 0.470. The highest BCUT2D eigenvalue weighted by Gasteiger charge is 2.22. The molecule has 0 saturated heterocycles. The lowest BCUT2D eigenvalue weighted by molar-refractivity contribution is 0.479. The summed E-state index contributed by atoms with van der Waals surface area (Å²) >= 11 is 5.51. The molecule has 0 aliphatic carbocycles. The number of alkyl halides is 1. The second kappa shape index (κ2) is 6.02. The molecule has 19 heavy (non-hydrogen) atoms. The van der Waals surface area contributed by atoms with Crippen molar-refractivity contribution in [2.24, 2.45) is 0 Å². The predicted molar refractivity (Wildman–Crippen MR) is 85.7 cm³/mol. The quantitative estimate of drug-likeness (QED) is 0.713. The SMILES string of the molecule is BrCCS[C@@H]1Cc2ccccc2Oc2ccccc21. The van der Waals surface area contributed by atoms with E-state index >= 15 is 0 Å². The minimum atomic E-state index is 0.470. The zero-order chi connectivity index (χ0) is 13.1. The lowest BCUT2D eigenvalue weighted by atomic mass is 10.0. The van der Waals surface area contributed by atoms with E-state index in [1.807, 2.05) is 23.9 Å². The second-order valence-corrected chi connectivity index (χ2v) is 6.60. The number of hydrogen-bond donors (Lipinski definition) is 0. The summed E-state index contributed by atoms with van der Waals surface area (Å²) in [6, 6.07) is 16.7. The molecule has 0 spiro atoms. The lowest BCUT2D eigenvalue weighted by Crippen LogP contribution is -1.99. The van der Waals surface area contributed by atoms with Gasteiger partial charge in [0, 0.05) is 21.9 Å². The molecule has 0 unspecified atom stereocenters. The number of hydrogen-bond acceptors (Lipinski definition) is 2. The van der Waals surface area contributed by atoms with Gasteiger partial charge in [0.25, 0.3) is 0 Å². The number of benzene rings is 2. The standard InChI is InChI=1S/C16H15BrOS/c17-9-10-19-16-11-12-5-1-3-7-14(12)18-15-8-4-2-6-13(15)16/h1-8,16H,9-11H2/t16-/m1/s1. The third-order valence-electron chi connectivity index (χ3n) is 3.26. The summed E-state index contributed by atoms with van der Waals surface area (Å²) in [5.41, 5.74) is 2.61. The van der Waals surface area contributed by atoms with Gasteiger partial charge < -0.3 is 4.74 Å². The van der Waals surface area contributed by atoms with Crippen LogP contribution in [0.15, 0.2) is 48.5 Å². The first kappa shape index (κ1) is 13.1. The van der Waals surface area contributed by atoms with Gasteiger partial charge in [-0.1, -0.05) is 52.3 Å². The van der Waals surface area contributed by atoms with Crippen LogP contribution in [-0.2, 0) is 6.42 Å². The van der Waals surface area contributed by atoms with Crippen molar-refractivity contribution in [3.05, 3.63) is 59.7 Å². The topological polar surface area (TPSA) is 9.23 Å². The van der Waals surface area contributed by atoms with Crippen LogP contribution in [0.2, 0.25) is 0 Å². The molecular weight excluding hydrogens is 320 g/mol. The third-order valence-corrected chi connectivity index (χ3v) is 5.44. The van der Waals surface area contributed by atoms with Crippen LogP contribution in [-0.4, -0.2) is 11.1 Å². The van der Waals surface area contributed by atoms with Crippen molar-refractivity contribution in [1.82, 2.24) is 0 Å². The largest absolute Gasteiger partial charge is 0.457 e. The number of ether oxygens (including phenoxy) is 1. The summed E-state index contributed by atoms with van der Waals surface area (Å²) in [4.78, 5) is 0. The van der Waals surface area contributed by atoms with E-state index in [4.69, 9.17) is 4.74 Å². The molecule has 0 fully saturated rings. The molecule has 1 aliphatic heterocycles. The van der Waals surface area contributed by atoms with Crippen LogP contribution in [0.25, 0.3) is 0 Å². The molecule has 0 amide bonds. The van der Waals surface area contributed by atoms with Crippen molar-refractivity contribution in [1.29, 1.82) is 0 Å². The van der Waals surface area contributed by atoms with Gasteiger partial charge >= 0.3 is 0 Å². The van der Waals surface area contributed by atoms with E-state index in [2.05, 4.69) is 52.3 Å². The molecular formula is C16H15BrOS. The maximum Gasteiger partial charge on any atom is 0.131 e. The van der Waals surface area contributed by atoms with Crippen LogP contribution < -0.4 is 4.74 Å². The normalized spacial score (nSPS) is 17.0. The minimum Gasteiger partial charge on any atom is -0.457 e. The van der Waals surface area contributed by atoms with Crippen molar-refractivity contribution in [2.75, 3.05) is 11.1 Å². The van der Waals surface area contributed by atoms with E-state index in [1.54, 1.807) is 0 Å². The third kappa shape index (κ3) is 2.82. The fraction of sp³-hybridized carbons (Fsp3) is 0.250. The van der Waals surface area contributed by atoms with Gasteiger partial charge in [-0.3, -0.25) is 0 Å². The molecule has 1 nitrogen and oxygen atoms in total. The van der Waals surface area contributed by atoms with Gasteiger partial charge in [-0.15, -0.1) is 0 Å². The number of halogens is 1. The summed E-state index contributed by atoms with van der Waals surface area (Å²) in [6.45, 7) is 0. The summed E-state index contributed by atoms with van der Waals surface area (Å²) in [7, 11) is 0. The first-order valence-corrected chi connectivity index (χ1v) is 8.58. The van der Waals surface area contributed by atoms with Gasteiger partial charge in [0.1, 0.15) is 11.5 Å². The van der Waals surface area contributed by atoms with Crippen LogP contribution in [0.5, 0.6) is 11.5 Å². The van der Waals surface area contributed by atoms with Gasteiger partial charge in [-0.25, -0.2) is 0 Å². The second-order valence-electron chi connectivity index (χ2n) is 4.50. The van der Waals surface area contributed by atoms with E-state index in [1.165, 1.54) is 11.1 Å². The maximum absolute atomic E-state index is 6.09. The van der Waals surface area contributed by atoms with Crippen molar-refractivity contribution in [2.45, 2.75) is 11.7 Å². The van der Waals surface area contributed by atoms with Crippen LogP contribution in [0.1, 0.15) is 16.4 Å². The fourth-order valence-corrected chi connectivity index (χ4v) is 3.98. The Morgan fingerprint density at radius 2 is 1.79 bits per heavy atom. The first-order valence-electron chi connectivity index (χ1n) is 6.41. The highest BCUT2D eigenvalue weighted by atomic mass is 79.9. The van der Waals surface area contributed by atoms with Crippen molar-refractivity contribution in [3.8, 4) is 11.5 Å².